The molecule has 0 radical (unpaired) electrons. The maximum Gasteiger partial charge on any atom is 0.146 e. The number of pyridine rings is 1. The number of aryl methyl sites for hydroxylation is 3. The number of aromatic hydroxyl groups is 1. The van der Waals surface area contributed by atoms with Crippen molar-refractivity contribution in [2.45, 2.75) is 20.8 Å². The van der Waals surface area contributed by atoms with Crippen molar-refractivity contribution in [1.82, 2.24) is 9.38 Å². The predicted octanol–water partition coefficient (Wildman–Crippen LogP) is 7.09. The Hall–Kier alpha value is -3.85. The summed E-state index contributed by atoms with van der Waals surface area (Å²) in [5.74, 6) is 0.252. The minimum atomic E-state index is 0.252. The standard InChI is InChI=1S/C28H22N2O/c1-16-12-17(2)27(18(3)13-16)19-8-11-25-22(14-19)21-10-9-20(31)15-23(21)28-29-24-6-4-5-7-26(24)30(25)28/h4-15,31H,1-3H3. The van der Waals surface area contributed by atoms with Crippen LogP contribution in [0.5, 0.6) is 5.75 Å². The Morgan fingerprint density at radius 3 is 2.29 bits per heavy atom. The molecule has 0 spiro atoms. The van der Waals surface area contributed by atoms with Gasteiger partial charge in [-0.05, 0) is 90.9 Å². The van der Waals surface area contributed by atoms with Gasteiger partial charge < -0.3 is 5.11 Å². The topological polar surface area (TPSA) is 37.5 Å². The summed E-state index contributed by atoms with van der Waals surface area (Å²) in [4.78, 5) is 4.90. The maximum atomic E-state index is 10.2. The molecule has 6 aromatic rings. The van der Waals surface area contributed by atoms with Crippen molar-refractivity contribution in [3.63, 3.8) is 0 Å². The number of hydrogen-bond acceptors (Lipinski definition) is 2. The average Bonchev–Trinajstić information content (AvgIpc) is 3.13. The van der Waals surface area contributed by atoms with E-state index in [1.165, 1.54) is 27.8 Å². The molecule has 0 aliphatic carbocycles. The summed E-state index contributed by atoms with van der Waals surface area (Å²) in [6.07, 6.45) is 0. The van der Waals surface area contributed by atoms with Gasteiger partial charge in [-0.2, -0.15) is 0 Å². The zero-order valence-corrected chi connectivity index (χ0v) is 17.8. The molecule has 0 saturated carbocycles. The number of benzene rings is 4. The molecule has 31 heavy (non-hydrogen) atoms. The molecule has 2 heterocycles. The lowest BCUT2D eigenvalue weighted by Gasteiger charge is -2.15. The first kappa shape index (κ1) is 18.0. The Kier molecular flexibility index (Phi) is 3.66. The SMILES string of the molecule is Cc1cc(C)c(-c2ccc3c(c2)c2ccc(O)cc2c2nc4ccccc4n32)c(C)c1. The lowest BCUT2D eigenvalue weighted by molar-refractivity contribution is 0.476. The summed E-state index contributed by atoms with van der Waals surface area (Å²) < 4.78 is 2.21. The van der Waals surface area contributed by atoms with Crippen molar-refractivity contribution in [3.8, 4) is 16.9 Å². The number of rotatable bonds is 1. The molecule has 0 aliphatic heterocycles. The van der Waals surface area contributed by atoms with Crippen molar-refractivity contribution in [2.24, 2.45) is 0 Å². The summed E-state index contributed by atoms with van der Waals surface area (Å²) in [5, 5.41) is 13.4. The fourth-order valence-corrected chi connectivity index (χ4v) is 5.14. The maximum absolute atomic E-state index is 10.2. The van der Waals surface area contributed by atoms with Crippen molar-refractivity contribution in [3.05, 3.63) is 89.5 Å². The first-order valence-corrected chi connectivity index (χ1v) is 10.5. The zero-order chi connectivity index (χ0) is 21.3. The highest BCUT2D eigenvalue weighted by molar-refractivity contribution is 6.15. The van der Waals surface area contributed by atoms with E-state index in [4.69, 9.17) is 4.98 Å². The Labute approximate surface area is 180 Å². The number of phenols is 1. The lowest BCUT2D eigenvalue weighted by atomic mass is 9.92. The van der Waals surface area contributed by atoms with Crippen LogP contribution in [0.2, 0.25) is 0 Å². The Morgan fingerprint density at radius 1 is 0.710 bits per heavy atom. The van der Waals surface area contributed by atoms with E-state index in [2.05, 4.69) is 61.6 Å². The lowest BCUT2D eigenvalue weighted by Crippen LogP contribution is -1.94. The Balaban J connectivity index is 1.81. The van der Waals surface area contributed by atoms with Crippen LogP contribution in [0.15, 0.2) is 72.8 Å². The minimum Gasteiger partial charge on any atom is -0.508 e. The van der Waals surface area contributed by atoms with Gasteiger partial charge in [-0.1, -0.05) is 35.9 Å². The molecule has 0 saturated heterocycles. The van der Waals surface area contributed by atoms with Gasteiger partial charge in [-0.25, -0.2) is 4.98 Å². The quantitative estimate of drug-likeness (QED) is 0.298. The van der Waals surface area contributed by atoms with E-state index in [-0.39, 0.29) is 5.75 Å². The van der Waals surface area contributed by atoms with Crippen LogP contribution in [0.4, 0.5) is 0 Å². The molecule has 3 nitrogen and oxygen atoms in total. The number of phenolic OH excluding ortho intramolecular Hbond substituents is 1. The number of imidazole rings is 1. The van der Waals surface area contributed by atoms with Crippen LogP contribution >= 0.6 is 0 Å². The van der Waals surface area contributed by atoms with E-state index in [0.717, 1.165) is 38.4 Å². The molecule has 0 aliphatic rings. The third-order valence-electron chi connectivity index (χ3n) is 6.30. The molecule has 0 unspecified atom stereocenters. The van der Waals surface area contributed by atoms with Gasteiger partial charge in [-0.3, -0.25) is 4.40 Å². The molecule has 0 amide bonds. The van der Waals surface area contributed by atoms with E-state index in [1.54, 1.807) is 6.07 Å². The first-order chi connectivity index (χ1) is 15.0. The highest BCUT2D eigenvalue weighted by atomic mass is 16.3. The van der Waals surface area contributed by atoms with Gasteiger partial charge in [0.25, 0.3) is 0 Å². The van der Waals surface area contributed by atoms with Gasteiger partial charge in [0.15, 0.2) is 0 Å². The van der Waals surface area contributed by atoms with Crippen molar-refractivity contribution < 1.29 is 5.11 Å². The normalized spacial score (nSPS) is 11.8. The molecular weight excluding hydrogens is 380 g/mol. The number of para-hydroxylation sites is 2. The van der Waals surface area contributed by atoms with Gasteiger partial charge in [0, 0.05) is 10.8 Å². The van der Waals surface area contributed by atoms with Gasteiger partial charge in [0.05, 0.1) is 16.6 Å². The van der Waals surface area contributed by atoms with E-state index in [9.17, 15) is 5.11 Å². The molecule has 2 aromatic heterocycles. The number of aromatic nitrogens is 2. The molecule has 150 valence electrons. The number of fused-ring (bicyclic) bond motifs is 8. The van der Waals surface area contributed by atoms with E-state index in [1.807, 2.05) is 30.3 Å². The van der Waals surface area contributed by atoms with Crippen LogP contribution in [0.1, 0.15) is 16.7 Å². The second-order valence-electron chi connectivity index (χ2n) is 8.50. The average molecular weight is 402 g/mol. The number of nitrogens with zero attached hydrogens (tertiary/aromatic N) is 2. The Bertz CT molecular complexity index is 1650. The van der Waals surface area contributed by atoms with Gasteiger partial charge in [-0.15, -0.1) is 0 Å². The van der Waals surface area contributed by atoms with Crippen LogP contribution < -0.4 is 0 Å². The molecular formula is C28H22N2O. The molecule has 4 aromatic carbocycles. The molecule has 0 bridgehead atoms. The largest absolute Gasteiger partial charge is 0.508 e. The summed E-state index contributed by atoms with van der Waals surface area (Å²) >= 11 is 0. The van der Waals surface area contributed by atoms with E-state index in [0.29, 0.717) is 0 Å². The van der Waals surface area contributed by atoms with Crippen LogP contribution in [0.3, 0.4) is 0 Å². The monoisotopic (exact) mass is 402 g/mol. The Morgan fingerprint density at radius 2 is 1.48 bits per heavy atom. The second kappa shape index (κ2) is 6.32. The highest BCUT2D eigenvalue weighted by Gasteiger charge is 2.15. The molecule has 6 rings (SSSR count). The van der Waals surface area contributed by atoms with E-state index >= 15 is 0 Å². The summed E-state index contributed by atoms with van der Waals surface area (Å²) in [6, 6.07) is 25.0. The highest BCUT2D eigenvalue weighted by Crippen LogP contribution is 2.37. The van der Waals surface area contributed by atoms with Crippen molar-refractivity contribution >= 4 is 38.4 Å². The summed E-state index contributed by atoms with van der Waals surface area (Å²) in [6.45, 7) is 6.51. The molecule has 0 fully saturated rings. The van der Waals surface area contributed by atoms with Gasteiger partial charge in [0.1, 0.15) is 11.4 Å². The van der Waals surface area contributed by atoms with Crippen LogP contribution in [-0.4, -0.2) is 14.5 Å². The molecule has 1 N–H and O–H groups in total. The zero-order valence-electron chi connectivity index (χ0n) is 17.8. The predicted molar refractivity (Wildman–Crippen MR) is 129 cm³/mol. The number of hydrogen-bond donors (Lipinski definition) is 1. The van der Waals surface area contributed by atoms with Crippen molar-refractivity contribution in [2.75, 3.05) is 0 Å². The van der Waals surface area contributed by atoms with Gasteiger partial charge >= 0.3 is 0 Å². The van der Waals surface area contributed by atoms with Crippen LogP contribution in [0.25, 0.3) is 49.5 Å². The third-order valence-corrected chi connectivity index (χ3v) is 6.30. The molecule has 3 heteroatoms. The summed E-state index contributed by atoms with van der Waals surface area (Å²) in [5.41, 5.74) is 10.4. The summed E-state index contributed by atoms with van der Waals surface area (Å²) in [7, 11) is 0. The second-order valence-corrected chi connectivity index (χ2v) is 8.50. The van der Waals surface area contributed by atoms with Gasteiger partial charge in [0.2, 0.25) is 0 Å². The van der Waals surface area contributed by atoms with E-state index < -0.39 is 0 Å². The fraction of sp³-hybridized carbons (Fsp3) is 0.107. The first-order valence-electron chi connectivity index (χ1n) is 10.5. The molecule has 0 atom stereocenters. The minimum absolute atomic E-state index is 0.252. The van der Waals surface area contributed by atoms with Crippen LogP contribution in [-0.2, 0) is 0 Å². The fourth-order valence-electron chi connectivity index (χ4n) is 5.14. The smallest absolute Gasteiger partial charge is 0.146 e. The third kappa shape index (κ3) is 2.56. The van der Waals surface area contributed by atoms with Crippen LogP contribution in [0, 0.1) is 20.8 Å². The van der Waals surface area contributed by atoms with Crippen molar-refractivity contribution in [1.29, 1.82) is 0 Å².